The van der Waals surface area contributed by atoms with E-state index in [1.54, 1.807) is 0 Å². The van der Waals surface area contributed by atoms with Gasteiger partial charge in [0.25, 0.3) is 0 Å². The van der Waals surface area contributed by atoms with E-state index in [-0.39, 0.29) is 18.4 Å². The molecule has 2 unspecified atom stereocenters. The van der Waals surface area contributed by atoms with Gasteiger partial charge < -0.3 is 15.7 Å². The lowest BCUT2D eigenvalue weighted by atomic mass is 9.68. The minimum atomic E-state index is -0.776. The van der Waals surface area contributed by atoms with Crippen LogP contribution in [0.2, 0.25) is 0 Å². The number of aliphatic carboxylic acids is 1. The maximum absolute atomic E-state index is 11.9. The van der Waals surface area contributed by atoms with Crippen LogP contribution in [0.4, 0.5) is 0 Å². The van der Waals surface area contributed by atoms with E-state index in [0.717, 1.165) is 13.0 Å². The summed E-state index contributed by atoms with van der Waals surface area (Å²) in [5, 5.41) is 15.1. The van der Waals surface area contributed by atoms with Crippen molar-refractivity contribution in [3.8, 4) is 0 Å². The van der Waals surface area contributed by atoms with E-state index < -0.39 is 11.4 Å². The fraction of sp³-hybridized carbons (Fsp3) is 0.833. The zero-order valence-corrected chi connectivity index (χ0v) is 10.2. The first-order valence-corrected chi connectivity index (χ1v) is 6.27. The molecule has 0 bridgehead atoms. The van der Waals surface area contributed by atoms with Crippen molar-refractivity contribution in [2.45, 2.75) is 26.2 Å². The van der Waals surface area contributed by atoms with Crippen molar-refractivity contribution in [2.24, 2.45) is 17.3 Å². The predicted octanol–water partition coefficient (Wildman–Crippen LogP) is 0.213. The SMILES string of the molecule is CC1CNCC1C(=O)NCC1(C(=O)O)CCC1. The molecule has 1 heterocycles. The van der Waals surface area contributed by atoms with Gasteiger partial charge in [0, 0.05) is 13.1 Å². The van der Waals surface area contributed by atoms with Gasteiger partial charge in [-0.05, 0) is 25.3 Å². The number of carboxylic acids is 1. The van der Waals surface area contributed by atoms with Gasteiger partial charge in [-0.15, -0.1) is 0 Å². The highest BCUT2D eigenvalue weighted by Crippen LogP contribution is 2.40. The van der Waals surface area contributed by atoms with E-state index in [0.29, 0.717) is 25.3 Å². The molecule has 5 nitrogen and oxygen atoms in total. The molecule has 1 aliphatic heterocycles. The molecule has 3 N–H and O–H groups in total. The summed E-state index contributed by atoms with van der Waals surface area (Å²) in [6.45, 7) is 3.89. The van der Waals surface area contributed by atoms with Crippen molar-refractivity contribution in [3.05, 3.63) is 0 Å². The Balaban J connectivity index is 1.85. The lowest BCUT2D eigenvalue weighted by molar-refractivity contribution is -0.154. The molecule has 5 heteroatoms. The van der Waals surface area contributed by atoms with Gasteiger partial charge in [-0.2, -0.15) is 0 Å². The number of rotatable bonds is 4. The zero-order valence-electron chi connectivity index (χ0n) is 10.2. The lowest BCUT2D eigenvalue weighted by Gasteiger charge is -2.37. The topological polar surface area (TPSA) is 78.4 Å². The van der Waals surface area contributed by atoms with Crippen LogP contribution in [-0.4, -0.2) is 36.6 Å². The minimum Gasteiger partial charge on any atom is -0.481 e. The molecule has 0 aromatic rings. The Labute approximate surface area is 101 Å². The molecule has 0 aromatic heterocycles. The van der Waals surface area contributed by atoms with Gasteiger partial charge >= 0.3 is 5.97 Å². The van der Waals surface area contributed by atoms with E-state index >= 15 is 0 Å². The second-order valence-corrected chi connectivity index (χ2v) is 5.40. The molecular weight excluding hydrogens is 220 g/mol. The fourth-order valence-electron chi connectivity index (χ4n) is 2.62. The summed E-state index contributed by atoms with van der Waals surface area (Å²) in [6.07, 6.45) is 2.31. The molecule has 1 saturated carbocycles. The van der Waals surface area contributed by atoms with Gasteiger partial charge in [0.15, 0.2) is 0 Å². The first-order chi connectivity index (χ1) is 8.05. The second kappa shape index (κ2) is 4.64. The Bertz CT molecular complexity index is 326. The number of hydrogen-bond donors (Lipinski definition) is 3. The third-order valence-electron chi connectivity index (χ3n) is 4.22. The summed E-state index contributed by atoms with van der Waals surface area (Å²) in [4.78, 5) is 23.1. The minimum absolute atomic E-state index is 0.00461. The standard InChI is InChI=1S/C12H20N2O3/c1-8-5-13-6-9(8)10(15)14-7-12(11(16)17)3-2-4-12/h8-9,13H,2-7H2,1H3,(H,14,15)(H,16,17). The van der Waals surface area contributed by atoms with E-state index in [1.807, 2.05) is 6.92 Å². The van der Waals surface area contributed by atoms with Crippen LogP contribution in [0, 0.1) is 17.3 Å². The maximum atomic E-state index is 11.9. The zero-order chi connectivity index (χ0) is 12.5. The molecule has 17 heavy (non-hydrogen) atoms. The Morgan fingerprint density at radius 1 is 1.41 bits per heavy atom. The van der Waals surface area contributed by atoms with E-state index in [2.05, 4.69) is 10.6 Å². The summed E-state index contributed by atoms with van der Waals surface area (Å²) in [6, 6.07) is 0. The van der Waals surface area contributed by atoms with Gasteiger partial charge in [-0.1, -0.05) is 13.3 Å². The highest BCUT2D eigenvalue weighted by Gasteiger charge is 2.45. The highest BCUT2D eigenvalue weighted by atomic mass is 16.4. The van der Waals surface area contributed by atoms with Crippen molar-refractivity contribution >= 4 is 11.9 Å². The van der Waals surface area contributed by atoms with Gasteiger partial charge in [-0.3, -0.25) is 9.59 Å². The van der Waals surface area contributed by atoms with Crippen molar-refractivity contribution in [2.75, 3.05) is 19.6 Å². The number of nitrogens with one attached hydrogen (secondary N) is 2. The maximum Gasteiger partial charge on any atom is 0.311 e. The smallest absolute Gasteiger partial charge is 0.311 e. The second-order valence-electron chi connectivity index (χ2n) is 5.40. The van der Waals surface area contributed by atoms with Crippen molar-refractivity contribution in [1.29, 1.82) is 0 Å². The molecule has 0 spiro atoms. The Morgan fingerprint density at radius 3 is 2.53 bits per heavy atom. The molecule has 0 aromatic carbocycles. The molecule has 2 fully saturated rings. The monoisotopic (exact) mass is 240 g/mol. The molecular formula is C12H20N2O3. The largest absolute Gasteiger partial charge is 0.481 e. The molecule has 1 amide bonds. The molecule has 0 radical (unpaired) electrons. The quantitative estimate of drug-likeness (QED) is 0.656. The number of carbonyl (C=O) groups is 2. The van der Waals surface area contributed by atoms with Crippen LogP contribution in [-0.2, 0) is 9.59 Å². The van der Waals surface area contributed by atoms with Gasteiger partial charge in [0.05, 0.1) is 11.3 Å². The van der Waals surface area contributed by atoms with Gasteiger partial charge in [0.1, 0.15) is 0 Å². The van der Waals surface area contributed by atoms with Crippen LogP contribution in [0.3, 0.4) is 0 Å². The average molecular weight is 240 g/mol. The average Bonchev–Trinajstić information content (AvgIpc) is 2.62. The molecule has 2 atom stereocenters. The summed E-state index contributed by atoms with van der Waals surface area (Å²) < 4.78 is 0. The van der Waals surface area contributed by atoms with E-state index in [4.69, 9.17) is 5.11 Å². The van der Waals surface area contributed by atoms with Gasteiger partial charge in [0.2, 0.25) is 5.91 Å². The molecule has 1 aliphatic carbocycles. The van der Waals surface area contributed by atoms with Crippen LogP contribution in [0.25, 0.3) is 0 Å². The molecule has 1 saturated heterocycles. The molecule has 2 rings (SSSR count). The van der Waals surface area contributed by atoms with E-state index in [1.165, 1.54) is 0 Å². The summed E-state index contributed by atoms with van der Waals surface area (Å²) >= 11 is 0. The summed E-state index contributed by atoms with van der Waals surface area (Å²) in [5.41, 5.74) is -0.690. The Morgan fingerprint density at radius 2 is 2.12 bits per heavy atom. The van der Waals surface area contributed by atoms with Crippen LogP contribution in [0.15, 0.2) is 0 Å². The van der Waals surface area contributed by atoms with Crippen molar-refractivity contribution in [3.63, 3.8) is 0 Å². The lowest BCUT2D eigenvalue weighted by Crippen LogP contribution is -2.49. The van der Waals surface area contributed by atoms with Crippen LogP contribution >= 0.6 is 0 Å². The third kappa shape index (κ3) is 2.29. The molecule has 2 aliphatic rings. The highest BCUT2D eigenvalue weighted by molar-refractivity contribution is 5.81. The van der Waals surface area contributed by atoms with Crippen LogP contribution < -0.4 is 10.6 Å². The number of hydrogen-bond acceptors (Lipinski definition) is 3. The molecule has 96 valence electrons. The Kier molecular flexibility index (Phi) is 3.38. The summed E-state index contributed by atoms with van der Waals surface area (Å²) in [7, 11) is 0. The number of amides is 1. The normalized spacial score (nSPS) is 30.6. The van der Waals surface area contributed by atoms with Crippen LogP contribution in [0.5, 0.6) is 0 Å². The fourth-order valence-corrected chi connectivity index (χ4v) is 2.62. The van der Waals surface area contributed by atoms with E-state index in [9.17, 15) is 9.59 Å². The van der Waals surface area contributed by atoms with Gasteiger partial charge in [-0.25, -0.2) is 0 Å². The van der Waals surface area contributed by atoms with Crippen molar-refractivity contribution in [1.82, 2.24) is 10.6 Å². The van der Waals surface area contributed by atoms with Crippen LogP contribution in [0.1, 0.15) is 26.2 Å². The number of carboxylic acid groups (broad SMARTS) is 1. The summed E-state index contributed by atoms with van der Waals surface area (Å²) in [5.74, 6) is -0.463. The third-order valence-corrected chi connectivity index (χ3v) is 4.22. The number of carbonyl (C=O) groups excluding carboxylic acids is 1. The first-order valence-electron chi connectivity index (χ1n) is 6.27. The Hall–Kier alpha value is -1.10. The van der Waals surface area contributed by atoms with Crippen molar-refractivity contribution < 1.29 is 14.7 Å². The predicted molar refractivity (Wildman–Crippen MR) is 62.5 cm³/mol. The first kappa shape index (κ1) is 12.4.